The van der Waals surface area contributed by atoms with E-state index in [0.717, 1.165) is 12.8 Å². The zero-order chi connectivity index (χ0) is 10.4. The van der Waals surface area contributed by atoms with Crippen molar-refractivity contribution in [1.82, 2.24) is 0 Å². The molecule has 3 heteroatoms. The summed E-state index contributed by atoms with van der Waals surface area (Å²) >= 11 is 0. The van der Waals surface area contributed by atoms with Crippen LogP contribution in [0.3, 0.4) is 0 Å². The molecule has 0 N–H and O–H groups in total. The van der Waals surface area contributed by atoms with Crippen molar-refractivity contribution in [2.45, 2.75) is 38.5 Å². The van der Waals surface area contributed by atoms with Crippen molar-refractivity contribution in [3.63, 3.8) is 0 Å². The molecule has 3 nitrogen and oxygen atoms in total. The molecule has 4 unspecified atom stereocenters. The predicted molar refractivity (Wildman–Crippen MR) is 52.8 cm³/mol. The van der Waals surface area contributed by atoms with Crippen molar-refractivity contribution in [3.8, 4) is 0 Å². The predicted octanol–water partition coefficient (Wildman–Crippen LogP) is 1.90. The van der Waals surface area contributed by atoms with Crippen molar-refractivity contribution >= 4 is 11.9 Å². The van der Waals surface area contributed by atoms with Crippen molar-refractivity contribution in [3.05, 3.63) is 0 Å². The molecular weight excluding hydrogens is 192 g/mol. The standard InChI is InChI=1S/C12H16O3/c13-11-9-5-7-3-1-2-4-8(7)6-10(9)12(14)15-11/h7-10H,1-6H2. The van der Waals surface area contributed by atoms with Crippen LogP contribution in [-0.2, 0) is 14.3 Å². The van der Waals surface area contributed by atoms with Gasteiger partial charge in [0.15, 0.2) is 0 Å². The normalized spacial score (nSPS) is 44.5. The molecule has 0 aromatic heterocycles. The van der Waals surface area contributed by atoms with Crippen molar-refractivity contribution in [2.75, 3.05) is 0 Å². The van der Waals surface area contributed by atoms with E-state index in [2.05, 4.69) is 0 Å². The number of ether oxygens (including phenoxy) is 1. The molecule has 3 fully saturated rings. The first-order valence-electron chi connectivity index (χ1n) is 6.01. The molecule has 0 bridgehead atoms. The van der Waals surface area contributed by atoms with Crippen LogP contribution in [-0.4, -0.2) is 11.9 Å². The Hall–Kier alpha value is -0.860. The maximum Gasteiger partial charge on any atom is 0.317 e. The summed E-state index contributed by atoms with van der Waals surface area (Å²) in [5.74, 6) is 0.647. The van der Waals surface area contributed by atoms with Crippen molar-refractivity contribution in [1.29, 1.82) is 0 Å². The lowest BCUT2D eigenvalue weighted by molar-refractivity contribution is -0.153. The average molecular weight is 208 g/mol. The fourth-order valence-electron chi connectivity index (χ4n) is 3.66. The van der Waals surface area contributed by atoms with Gasteiger partial charge in [-0.3, -0.25) is 9.59 Å². The van der Waals surface area contributed by atoms with E-state index in [4.69, 9.17) is 4.74 Å². The largest absolute Gasteiger partial charge is 0.393 e. The molecule has 4 atom stereocenters. The molecule has 1 saturated heterocycles. The number of fused-ring (bicyclic) bond motifs is 2. The molecule has 0 radical (unpaired) electrons. The van der Waals surface area contributed by atoms with Gasteiger partial charge in [0.05, 0.1) is 11.8 Å². The molecule has 0 spiro atoms. The van der Waals surface area contributed by atoms with Gasteiger partial charge in [-0.1, -0.05) is 25.7 Å². The van der Waals surface area contributed by atoms with E-state index in [-0.39, 0.29) is 23.8 Å². The molecule has 82 valence electrons. The number of carbonyl (C=O) groups excluding carboxylic acids is 2. The highest BCUT2D eigenvalue weighted by atomic mass is 16.6. The van der Waals surface area contributed by atoms with E-state index in [1.165, 1.54) is 25.7 Å². The van der Waals surface area contributed by atoms with Gasteiger partial charge in [0.2, 0.25) is 0 Å². The van der Waals surface area contributed by atoms with Gasteiger partial charge < -0.3 is 4.74 Å². The molecule has 0 amide bonds. The van der Waals surface area contributed by atoms with Crippen LogP contribution in [0.15, 0.2) is 0 Å². The van der Waals surface area contributed by atoms with Gasteiger partial charge in [0, 0.05) is 0 Å². The van der Waals surface area contributed by atoms with Gasteiger partial charge in [-0.25, -0.2) is 0 Å². The van der Waals surface area contributed by atoms with Crippen LogP contribution < -0.4 is 0 Å². The number of carbonyl (C=O) groups is 2. The highest BCUT2D eigenvalue weighted by Crippen LogP contribution is 2.48. The van der Waals surface area contributed by atoms with Crippen molar-refractivity contribution < 1.29 is 14.3 Å². The lowest BCUT2D eigenvalue weighted by Gasteiger charge is -2.38. The Morgan fingerprint density at radius 2 is 1.33 bits per heavy atom. The lowest BCUT2D eigenvalue weighted by atomic mass is 9.64. The molecule has 2 saturated carbocycles. The fraction of sp³-hybridized carbons (Fsp3) is 0.833. The highest BCUT2D eigenvalue weighted by molar-refractivity contribution is 5.96. The summed E-state index contributed by atoms with van der Waals surface area (Å²) in [6, 6.07) is 0. The maximum absolute atomic E-state index is 11.5. The summed E-state index contributed by atoms with van der Waals surface area (Å²) in [6.07, 6.45) is 6.88. The third kappa shape index (κ3) is 1.40. The van der Waals surface area contributed by atoms with Gasteiger partial charge >= 0.3 is 11.9 Å². The Morgan fingerprint density at radius 3 is 1.80 bits per heavy atom. The van der Waals surface area contributed by atoms with E-state index in [1.54, 1.807) is 0 Å². The summed E-state index contributed by atoms with van der Waals surface area (Å²) in [5.41, 5.74) is 0. The summed E-state index contributed by atoms with van der Waals surface area (Å²) in [7, 11) is 0. The number of hydrogen-bond acceptors (Lipinski definition) is 3. The van der Waals surface area contributed by atoms with E-state index in [0.29, 0.717) is 11.8 Å². The number of hydrogen-bond donors (Lipinski definition) is 0. The molecule has 3 aliphatic rings. The molecule has 2 aliphatic carbocycles. The lowest BCUT2D eigenvalue weighted by Crippen LogP contribution is -2.35. The summed E-state index contributed by atoms with van der Waals surface area (Å²) in [4.78, 5) is 22.9. The van der Waals surface area contributed by atoms with Gasteiger partial charge in [-0.15, -0.1) is 0 Å². The molecular formula is C12H16O3. The zero-order valence-electron chi connectivity index (χ0n) is 8.78. The minimum Gasteiger partial charge on any atom is -0.393 e. The number of rotatable bonds is 0. The SMILES string of the molecule is O=C1OC(=O)C2CC3CCCCC3CC12. The van der Waals surface area contributed by atoms with Crippen LogP contribution >= 0.6 is 0 Å². The summed E-state index contributed by atoms with van der Waals surface area (Å²) in [6.45, 7) is 0. The van der Waals surface area contributed by atoms with E-state index >= 15 is 0 Å². The molecule has 0 aromatic carbocycles. The first-order chi connectivity index (χ1) is 7.25. The van der Waals surface area contributed by atoms with Gasteiger partial charge in [-0.05, 0) is 24.7 Å². The Bertz CT molecular complexity index is 280. The Balaban J connectivity index is 1.81. The monoisotopic (exact) mass is 208 g/mol. The zero-order valence-corrected chi connectivity index (χ0v) is 8.78. The quantitative estimate of drug-likeness (QED) is 0.451. The second-order valence-corrected chi connectivity index (χ2v) is 5.23. The summed E-state index contributed by atoms with van der Waals surface area (Å²) in [5, 5.41) is 0. The van der Waals surface area contributed by atoms with Crippen LogP contribution in [0.5, 0.6) is 0 Å². The van der Waals surface area contributed by atoms with Crippen LogP contribution in [0.25, 0.3) is 0 Å². The second kappa shape index (κ2) is 3.32. The minimum absolute atomic E-state index is 0.100. The molecule has 3 rings (SSSR count). The average Bonchev–Trinajstić information content (AvgIpc) is 2.52. The smallest absolute Gasteiger partial charge is 0.317 e. The molecule has 1 heterocycles. The maximum atomic E-state index is 11.5. The first-order valence-corrected chi connectivity index (χ1v) is 6.01. The molecule has 15 heavy (non-hydrogen) atoms. The Kier molecular flexibility index (Phi) is 2.08. The third-order valence-corrected chi connectivity index (χ3v) is 4.47. The molecule has 0 aromatic rings. The minimum atomic E-state index is -0.256. The van der Waals surface area contributed by atoms with Gasteiger partial charge in [0.25, 0.3) is 0 Å². The Morgan fingerprint density at radius 1 is 0.867 bits per heavy atom. The van der Waals surface area contributed by atoms with Gasteiger partial charge in [-0.2, -0.15) is 0 Å². The number of cyclic esters (lactones) is 2. The van der Waals surface area contributed by atoms with E-state index in [9.17, 15) is 9.59 Å². The van der Waals surface area contributed by atoms with Crippen LogP contribution in [0.4, 0.5) is 0 Å². The Labute approximate surface area is 89.2 Å². The van der Waals surface area contributed by atoms with Crippen LogP contribution in [0, 0.1) is 23.7 Å². The first kappa shape index (κ1) is 9.37. The molecule has 1 aliphatic heterocycles. The van der Waals surface area contributed by atoms with Crippen LogP contribution in [0.2, 0.25) is 0 Å². The van der Waals surface area contributed by atoms with Crippen molar-refractivity contribution in [2.24, 2.45) is 23.7 Å². The topological polar surface area (TPSA) is 43.4 Å². The van der Waals surface area contributed by atoms with E-state index in [1.807, 2.05) is 0 Å². The second-order valence-electron chi connectivity index (χ2n) is 5.23. The third-order valence-electron chi connectivity index (χ3n) is 4.47. The number of esters is 2. The summed E-state index contributed by atoms with van der Waals surface area (Å²) < 4.78 is 4.74. The van der Waals surface area contributed by atoms with Crippen LogP contribution in [0.1, 0.15) is 38.5 Å². The highest BCUT2D eigenvalue weighted by Gasteiger charge is 2.50. The van der Waals surface area contributed by atoms with Gasteiger partial charge in [0.1, 0.15) is 0 Å². The fourth-order valence-corrected chi connectivity index (χ4v) is 3.66. The van der Waals surface area contributed by atoms with E-state index < -0.39 is 0 Å².